The minimum atomic E-state index is -0.707. The van der Waals surface area contributed by atoms with Crippen molar-refractivity contribution in [1.29, 1.82) is 0 Å². The minimum Gasteiger partial charge on any atom is -0.364 e. The topological polar surface area (TPSA) is 155 Å². The fourth-order valence-corrected chi connectivity index (χ4v) is 1.38. The van der Waals surface area contributed by atoms with Gasteiger partial charge < -0.3 is 11.2 Å². The van der Waals surface area contributed by atoms with E-state index in [1.165, 1.54) is 29.1 Å². The first-order valence-electron chi connectivity index (χ1n) is 5.00. The number of carbonyl (C=O) groups excluding carboxylic acids is 1. The predicted octanol–water partition coefficient (Wildman–Crippen LogP) is -0.440. The molecule has 0 unspecified atom stereocenters. The zero-order valence-corrected chi connectivity index (χ0v) is 9.48. The summed E-state index contributed by atoms with van der Waals surface area (Å²) in [5.41, 5.74) is 7.09. The van der Waals surface area contributed by atoms with Gasteiger partial charge in [-0.05, 0) is 6.07 Å². The highest BCUT2D eigenvalue weighted by atomic mass is 16.6. The van der Waals surface area contributed by atoms with E-state index in [4.69, 9.17) is 11.6 Å². The molecule has 0 aromatic carbocycles. The molecule has 98 valence electrons. The summed E-state index contributed by atoms with van der Waals surface area (Å²) in [6.07, 6.45) is 1.41. The highest BCUT2D eigenvalue weighted by Gasteiger charge is 2.13. The smallest absolute Gasteiger partial charge is 0.276 e. The SMILES string of the molecule is NNc1cc([N+](=O)[O-])cc(-n2ccc(C(N)=O)n2)n1. The number of anilines is 1. The third-order valence-electron chi connectivity index (χ3n) is 2.23. The second kappa shape index (κ2) is 4.70. The molecule has 0 bridgehead atoms. The minimum absolute atomic E-state index is 0.0237. The van der Waals surface area contributed by atoms with Crippen LogP contribution in [0.2, 0.25) is 0 Å². The summed E-state index contributed by atoms with van der Waals surface area (Å²) in [6.45, 7) is 0. The molecule has 19 heavy (non-hydrogen) atoms. The van der Waals surface area contributed by atoms with Crippen molar-refractivity contribution >= 4 is 17.4 Å². The molecule has 0 fully saturated rings. The van der Waals surface area contributed by atoms with Crippen LogP contribution in [-0.2, 0) is 0 Å². The number of nitrogens with one attached hydrogen (secondary N) is 1. The zero-order valence-electron chi connectivity index (χ0n) is 9.48. The summed E-state index contributed by atoms with van der Waals surface area (Å²) in [5.74, 6) is 4.70. The molecule has 0 aliphatic heterocycles. The molecule has 2 aromatic rings. The number of hydrogen-bond donors (Lipinski definition) is 3. The molecule has 10 nitrogen and oxygen atoms in total. The number of aromatic nitrogens is 3. The van der Waals surface area contributed by atoms with Crippen LogP contribution in [0, 0.1) is 10.1 Å². The van der Waals surface area contributed by atoms with E-state index < -0.39 is 10.8 Å². The molecule has 0 aliphatic rings. The quantitative estimate of drug-likeness (QED) is 0.383. The average Bonchev–Trinajstić information content (AvgIpc) is 2.87. The number of pyridine rings is 1. The number of primary amides is 1. The van der Waals surface area contributed by atoms with Crippen molar-refractivity contribution in [3.63, 3.8) is 0 Å². The van der Waals surface area contributed by atoms with Gasteiger partial charge in [-0.3, -0.25) is 14.9 Å². The van der Waals surface area contributed by atoms with Gasteiger partial charge >= 0.3 is 0 Å². The van der Waals surface area contributed by atoms with Gasteiger partial charge in [0.05, 0.1) is 17.1 Å². The maximum absolute atomic E-state index is 10.9. The normalized spacial score (nSPS) is 10.2. The van der Waals surface area contributed by atoms with Crippen LogP contribution in [0.15, 0.2) is 24.4 Å². The van der Waals surface area contributed by atoms with Crippen LogP contribution >= 0.6 is 0 Å². The lowest BCUT2D eigenvalue weighted by molar-refractivity contribution is -0.384. The largest absolute Gasteiger partial charge is 0.364 e. The van der Waals surface area contributed by atoms with E-state index in [1.807, 2.05) is 0 Å². The predicted molar refractivity (Wildman–Crippen MR) is 64.3 cm³/mol. The van der Waals surface area contributed by atoms with Crippen LogP contribution in [-0.4, -0.2) is 25.6 Å². The molecule has 10 heteroatoms. The van der Waals surface area contributed by atoms with E-state index in [0.717, 1.165) is 0 Å². The Kier molecular flexibility index (Phi) is 3.08. The van der Waals surface area contributed by atoms with Crippen molar-refractivity contribution < 1.29 is 9.72 Å². The molecule has 2 heterocycles. The number of nitrogens with zero attached hydrogens (tertiary/aromatic N) is 4. The number of nitro groups is 1. The summed E-state index contributed by atoms with van der Waals surface area (Å²) in [5, 5.41) is 14.6. The van der Waals surface area contributed by atoms with E-state index in [2.05, 4.69) is 15.5 Å². The Morgan fingerprint density at radius 1 is 1.47 bits per heavy atom. The van der Waals surface area contributed by atoms with Crippen LogP contribution in [0.4, 0.5) is 11.5 Å². The number of hydrogen-bond acceptors (Lipinski definition) is 7. The average molecular weight is 263 g/mol. The monoisotopic (exact) mass is 263 g/mol. The van der Waals surface area contributed by atoms with Crippen molar-refractivity contribution in [2.75, 3.05) is 5.43 Å². The molecule has 0 spiro atoms. The summed E-state index contributed by atoms with van der Waals surface area (Å²) in [4.78, 5) is 25.1. The molecule has 0 radical (unpaired) electrons. The number of amides is 1. The molecule has 0 aliphatic carbocycles. The van der Waals surface area contributed by atoms with Crippen LogP contribution in [0.3, 0.4) is 0 Å². The Hall–Kier alpha value is -3.01. The van der Waals surface area contributed by atoms with Gasteiger partial charge in [-0.15, -0.1) is 0 Å². The third-order valence-corrected chi connectivity index (χ3v) is 2.23. The first kappa shape index (κ1) is 12.4. The Balaban J connectivity index is 2.50. The van der Waals surface area contributed by atoms with E-state index in [-0.39, 0.29) is 23.0 Å². The number of nitrogen functional groups attached to an aromatic ring is 1. The van der Waals surface area contributed by atoms with Gasteiger partial charge in [0.2, 0.25) is 0 Å². The Labute approximate surface area is 106 Å². The maximum atomic E-state index is 10.9. The molecule has 1 amide bonds. The van der Waals surface area contributed by atoms with Crippen molar-refractivity contribution in [3.05, 3.63) is 40.2 Å². The molecule has 5 N–H and O–H groups in total. The first-order chi connectivity index (χ1) is 9.01. The summed E-state index contributed by atoms with van der Waals surface area (Å²) in [6, 6.07) is 3.74. The second-order valence-electron chi connectivity index (χ2n) is 3.48. The summed E-state index contributed by atoms with van der Waals surface area (Å²) >= 11 is 0. The molecular weight excluding hydrogens is 254 g/mol. The molecule has 0 saturated heterocycles. The lowest BCUT2D eigenvalue weighted by Crippen LogP contribution is -2.13. The van der Waals surface area contributed by atoms with Gasteiger partial charge in [0.15, 0.2) is 5.82 Å². The van der Waals surface area contributed by atoms with Crippen molar-refractivity contribution in [1.82, 2.24) is 14.8 Å². The van der Waals surface area contributed by atoms with Gasteiger partial charge in [0.25, 0.3) is 11.6 Å². The van der Waals surface area contributed by atoms with Crippen molar-refractivity contribution in [2.24, 2.45) is 11.6 Å². The Morgan fingerprint density at radius 2 is 2.21 bits per heavy atom. The molecule has 0 atom stereocenters. The van der Waals surface area contributed by atoms with Gasteiger partial charge in [-0.25, -0.2) is 15.5 Å². The van der Waals surface area contributed by atoms with Gasteiger partial charge in [0.1, 0.15) is 11.5 Å². The van der Waals surface area contributed by atoms with E-state index in [1.54, 1.807) is 0 Å². The summed E-state index contributed by atoms with van der Waals surface area (Å²) < 4.78 is 1.19. The third kappa shape index (κ3) is 2.47. The number of rotatable bonds is 4. The van der Waals surface area contributed by atoms with Gasteiger partial charge in [-0.1, -0.05) is 0 Å². The lowest BCUT2D eigenvalue weighted by Gasteiger charge is -2.04. The lowest BCUT2D eigenvalue weighted by atomic mass is 10.4. The van der Waals surface area contributed by atoms with Crippen molar-refractivity contribution in [2.45, 2.75) is 0 Å². The van der Waals surface area contributed by atoms with E-state index in [0.29, 0.717) is 0 Å². The zero-order chi connectivity index (χ0) is 14.0. The molecule has 2 rings (SSSR count). The van der Waals surface area contributed by atoms with E-state index >= 15 is 0 Å². The van der Waals surface area contributed by atoms with Crippen LogP contribution in [0.25, 0.3) is 5.82 Å². The van der Waals surface area contributed by atoms with Gasteiger partial charge in [-0.2, -0.15) is 5.10 Å². The maximum Gasteiger partial charge on any atom is 0.276 e. The van der Waals surface area contributed by atoms with Gasteiger partial charge in [0, 0.05) is 6.20 Å². The van der Waals surface area contributed by atoms with Crippen LogP contribution in [0.5, 0.6) is 0 Å². The Morgan fingerprint density at radius 3 is 2.74 bits per heavy atom. The molecule has 2 aromatic heterocycles. The van der Waals surface area contributed by atoms with Crippen LogP contribution in [0.1, 0.15) is 10.5 Å². The van der Waals surface area contributed by atoms with Crippen LogP contribution < -0.4 is 17.0 Å². The van der Waals surface area contributed by atoms with Crippen molar-refractivity contribution in [3.8, 4) is 5.82 Å². The number of nitrogens with two attached hydrogens (primary N) is 2. The number of carbonyl (C=O) groups is 1. The fraction of sp³-hybridized carbons (Fsp3) is 0. The molecule has 0 saturated carbocycles. The second-order valence-corrected chi connectivity index (χ2v) is 3.48. The highest BCUT2D eigenvalue weighted by molar-refractivity contribution is 5.90. The summed E-state index contributed by atoms with van der Waals surface area (Å²) in [7, 11) is 0. The fourth-order valence-electron chi connectivity index (χ4n) is 1.38. The first-order valence-corrected chi connectivity index (χ1v) is 5.00. The standard InChI is InChI=1S/C9H9N7O3/c10-9(17)6-1-2-15(14-6)8-4-5(16(18)19)3-7(12-8)13-11/h1-4H,11H2,(H2,10,17)(H,12,13). The van der Waals surface area contributed by atoms with E-state index in [9.17, 15) is 14.9 Å². The number of hydrazine groups is 1. The Bertz CT molecular complexity index is 651. The highest BCUT2D eigenvalue weighted by Crippen LogP contribution is 2.19. The molecular formula is C9H9N7O3.